The molecule has 0 fully saturated rings. The summed E-state index contributed by atoms with van der Waals surface area (Å²) in [5, 5.41) is 0. The summed E-state index contributed by atoms with van der Waals surface area (Å²) < 4.78 is 5.12. The molecule has 2 N–H and O–H groups in total. The number of ether oxygens (including phenoxy) is 1. The van der Waals surface area contributed by atoms with Gasteiger partial charge in [-0.2, -0.15) is 0 Å². The number of nitrogens with two attached hydrogens (primary N) is 1. The Balaban J connectivity index is 3.03. The van der Waals surface area contributed by atoms with Crippen LogP contribution in [0.15, 0.2) is 18.2 Å². The third-order valence-corrected chi connectivity index (χ3v) is 3.12. The molecule has 0 heterocycles. The molecule has 0 saturated heterocycles. The Morgan fingerprint density at radius 1 is 1.29 bits per heavy atom. The summed E-state index contributed by atoms with van der Waals surface area (Å²) in [4.78, 5) is 27.4. The van der Waals surface area contributed by atoms with Gasteiger partial charge in [0.25, 0.3) is 5.91 Å². The minimum absolute atomic E-state index is 0.0380. The number of rotatable bonds is 6. The van der Waals surface area contributed by atoms with Crippen LogP contribution in [-0.4, -0.2) is 55.9 Å². The molecule has 6 nitrogen and oxygen atoms in total. The summed E-state index contributed by atoms with van der Waals surface area (Å²) in [5.41, 5.74) is 6.60. The van der Waals surface area contributed by atoms with Crippen LogP contribution >= 0.6 is 0 Å². The maximum atomic E-state index is 12.6. The van der Waals surface area contributed by atoms with Gasteiger partial charge >= 0.3 is 0 Å². The summed E-state index contributed by atoms with van der Waals surface area (Å²) in [6.07, 6.45) is 0.760. The lowest BCUT2D eigenvalue weighted by atomic mass is 10.1. The van der Waals surface area contributed by atoms with Crippen LogP contribution in [-0.2, 0) is 4.79 Å². The molecule has 6 heteroatoms. The predicted molar refractivity (Wildman–Crippen MR) is 82.3 cm³/mol. The molecule has 0 bridgehead atoms. The molecule has 0 aliphatic heterocycles. The van der Waals surface area contributed by atoms with Crippen LogP contribution < -0.4 is 10.5 Å². The fourth-order valence-electron chi connectivity index (χ4n) is 1.91. The van der Waals surface area contributed by atoms with E-state index in [-0.39, 0.29) is 18.4 Å². The van der Waals surface area contributed by atoms with E-state index in [1.165, 1.54) is 16.9 Å². The lowest BCUT2D eigenvalue weighted by Gasteiger charge is -2.24. The van der Waals surface area contributed by atoms with Gasteiger partial charge in [0.15, 0.2) is 0 Å². The Morgan fingerprint density at radius 3 is 2.48 bits per heavy atom. The Hall–Kier alpha value is -2.24. The number of para-hydroxylation sites is 1. The minimum Gasteiger partial charge on any atom is -0.495 e. The number of anilines is 1. The molecular formula is C15H23N3O3. The van der Waals surface area contributed by atoms with E-state index in [1.807, 2.05) is 6.92 Å². The zero-order chi connectivity index (χ0) is 16.0. The lowest BCUT2D eigenvalue weighted by molar-refractivity contribution is -0.129. The van der Waals surface area contributed by atoms with Gasteiger partial charge in [-0.05, 0) is 18.6 Å². The largest absolute Gasteiger partial charge is 0.495 e. The van der Waals surface area contributed by atoms with Gasteiger partial charge in [0.05, 0.1) is 18.4 Å². The van der Waals surface area contributed by atoms with Crippen LogP contribution in [0.4, 0.5) is 5.69 Å². The van der Waals surface area contributed by atoms with Gasteiger partial charge in [-0.25, -0.2) is 0 Å². The first-order valence-corrected chi connectivity index (χ1v) is 6.84. The van der Waals surface area contributed by atoms with Crippen molar-refractivity contribution in [1.82, 2.24) is 9.80 Å². The molecule has 0 radical (unpaired) electrons. The molecule has 21 heavy (non-hydrogen) atoms. The molecule has 0 atom stereocenters. The Labute approximate surface area is 125 Å². The van der Waals surface area contributed by atoms with E-state index in [0.29, 0.717) is 23.5 Å². The number of hydrogen-bond acceptors (Lipinski definition) is 4. The van der Waals surface area contributed by atoms with Crippen molar-refractivity contribution in [2.24, 2.45) is 0 Å². The SMILES string of the molecule is CCCN(CC(=O)N(C)C)C(=O)c1cccc(OC)c1N. The van der Waals surface area contributed by atoms with Crippen molar-refractivity contribution in [3.05, 3.63) is 23.8 Å². The van der Waals surface area contributed by atoms with E-state index >= 15 is 0 Å². The number of carbonyl (C=O) groups excluding carboxylic acids is 2. The molecule has 1 rings (SSSR count). The minimum atomic E-state index is -0.261. The standard InChI is InChI=1S/C15H23N3O3/c1-5-9-18(10-13(19)17(2)3)15(20)11-7-6-8-12(21-4)14(11)16/h6-8H,5,9-10,16H2,1-4H3. The molecule has 0 spiro atoms. The molecule has 0 aliphatic carbocycles. The summed E-state index contributed by atoms with van der Waals surface area (Å²) in [7, 11) is 4.83. The van der Waals surface area contributed by atoms with Crippen molar-refractivity contribution < 1.29 is 14.3 Å². The second-order valence-electron chi connectivity index (χ2n) is 4.94. The second kappa shape index (κ2) is 7.52. The van der Waals surface area contributed by atoms with Gasteiger partial charge in [0.1, 0.15) is 12.3 Å². The second-order valence-corrected chi connectivity index (χ2v) is 4.94. The number of hydrogen-bond donors (Lipinski definition) is 1. The average Bonchev–Trinajstić information content (AvgIpc) is 2.46. The number of methoxy groups -OCH3 is 1. The fourth-order valence-corrected chi connectivity index (χ4v) is 1.91. The number of likely N-dealkylation sites (N-methyl/N-ethyl adjacent to an activating group) is 1. The number of nitrogen functional groups attached to an aromatic ring is 1. The van der Waals surface area contributed by atoms with Gasteiger partial charge < -0.3 is 20.3 Å². The summed E-state index contributed by atoms with van der Waals surface area (Å²) >= 11 is 0. The van der Waals surface area contributed by atoms with Crippen LogP contribution in [0.5, 0.6) is 5.75 Å². The molecule has 0 aromatic heterocycles. The van der Waals surface area contributed by atoms with Gasteiger partial charge in [-0.3, -0.25) is 9.59 Å². The lowest BCUT2D eigenvalue weighted by Crippen LogP contribution is -2.40. The highest BCUT2D eigenvalue weighted by Crippen LogP contribution is 2.25. The highest BCUT2D eigenvalue weighted by molar-refractivity contribution is 6.01. The van der Waals surface area contributed by atoms with Crippen LogP contribution in [0.3, 0.4) is 0 Å². The van der Waals surface area contributed by atoms with Crippen molar-refractivity contribution in [2.45, 2.75) is 13.3 Å². The molecular weight excluding hydrogens is 270 g/mol. The quantitative estimate of drug-likeness (QED) is 0.800. The number of benzene rings is 1. The van der Waals surface area contributed by atoms with E-state index in [9.17, 15) is 9.59 Å². The van der Waals surface area contributed by atoms with E-state index in [0.717, 1.165) is 6.42 Å². The average molecular weight is 293 g/mol. The summed E-state index contributed by atoms with van der Waals surface area (Å²) in [6.45, 7) is 2.49. The van der Waals surface area contributed by atoms with Crippen LogP contribution in [0, 0.1) is 0 Å². The van der Waals surface area contributed by atoms with Crippen LogP contribution in [0.25, 0.3) is 0 Å². The maximum Gasteiger partial charge on any atom is 0.256 e. The molecule has 116 valence electrons. The van der Waals surface area contributed by atoms with Gasteiger partial charge in [0, 0.05) is 20.6 Å². The topological polar surface area (TPSA) is 75.9 Å². The van der Waals surface area contributed by atoms with E-state index < -0.39 is 0 Å². The van der Waals surface area contributed by atoms with Crippen molar-refractivity contribution in [1.29, 1.82) is 0 Å². The number of nitrogens with zero attached hydrogens (tertiary/aromatic N) is 2. The molecule has 0 saturated carbocycles. The van der Waals surface area contributed by atoms with Crippen LogP contribution in [0.2, 0.25) is 0 Å². The zero-order valence-electron chi connectivity index (χ0n) is 13.0. The Bertz CT molecular complexity index is 515. The highest BCUT2D eigenvalue weighted by Gasteiger charge is 2.22. The molecule has 2 amide bonds. The smallest absolute Gasteiger partial charge is 0.256 e. The fraction of sp³-hybridized carbons (Fsp3) is 0.467. The monoisotopic (exact) mass is 293 g/mol. The molecule has 0 unspecified atom stereocenters. The highest BCUT2D eigenvalue weighted by atomic mass is 16.5. The normalized spacial score (nSPS) is 10.1. The third kappa shape index (κ3) is 4.11. The van der Waals surface area contributed by atoms with E-state index in [1.54, 1.807) is 32.3 Å². The first-order valence-electron chi connectivity index (χ1n) is 6.84. The first-order chi connectivity index (χ1) is 9.92. The van der Waals surface area contributed by atoms with E-state index in [2.05, 4.69) is 0 Å². The maximum absolute atomic E-state index is 12.6. The Morgan fingerprint density at radius 2 is 1.95 bits per heavy atom. The van der Waals surface area contributed by atoms with E-state index in [4.69, 9.17) is 10.5 Å². The van der Waals surface area contributed by atoms with Crippen molar-refractivity contribution in [3.63, 3.8) is 0 Å². The van der Waals surface area contributed by atoms with Gasteiger partial charge in [-0.15, -0.1) is 0 Å². The van der Waals surface area contributed by atoms with Crippen molar-refractivity contribution >= 4 is 17.5 Å². The van der Waals surface area contributed by atoms with Gasteiger partial charge in [-0.1, -0.05) is 13.0 Å². The third-order valence-electron chi connectivity index (χ3n) is 3.12. The molecule has 1 aromatic rings. The van der Waals surface area contributed by atoms with Crippen LogP contribution in [0.1, 0.15) is 23.7 Å². The van der Waals surface area contributed by atoms with Crippen molar-refractivity contribution in [3.8, 4) is 5.75 Å². The Kier molecular flexibility index (Phi) is 6.02. The number of carbonyl (C=O) groups is 2. The first kappa shape index (κ1) is 16.8. The predicted octanol–water partition coefficient (Wildman–Crippen LogP) is 1.22. The molecule has 0 aliphatic rings. The zero-order valence-corrected chi connectivity index (χ0v) is 13.0. The van der Waals surface area contributed by atoms with Gasteiger partial charge in [0.2, 0.25) is 5.91 Å². The summed E-state index contributed by atoms with van der Waals surface area (Å²) in [5.74, 6) is 0.0675. The molecule has 1 aromatic carbocycles. The van der Waals surface area contributed by atoms with Crippen molar-refractivity contribution in [2.75, 3.05) is 40.0 Å². The number of amides is 2. The summed E-state index contributed by atoms with van der Waals surface area (Å²) in [6, 6.07) is 5.05.